The fourth-order valence-corrected chi connectivity index (χ4v) is 2.92. The lowest BCUT2D eigenvalue weighted by atomic mass is 10.2. The number of hydrogen-bond donors (Lipinski definition) is 2. The van der Waals surface area contributed by atoms with E-state index in [4.69, 9.17) is 4.74 Å². The molecule has 7 heteroatoms. The first kappa shape index (κ1) is 22.1. The van der Waals surface area contributed by atoms with Crippen LogP contribution in [0.5, 0.6) is 5.75 Å². The molecule has 0 aliphatic carbocycles. The lowest BCUT2D eigenvalue weighted by molar-refractivity contribution is -0.120. The first-order chi connectivity index (χ1) is 15.2. The SMILES string of the molecule is CCCCOc1ccc(C(=O)NCC(=O)NCCc2cnn(-c3ccccc3)c2)cc1. The van der Waals surface area contributed by atoms with E-state index in [0.29, 0.717) is 25.1 Å². The molecular formula is C24H28N4O3. The van der Waals surface area contributed by atoms with Gasteiger partial charge in [0.1, 0.15) is 5.75 Å². The molecule has 0 unspecified atom stereocenters. The summed E-state index contributed by atoms with van der Waals surface area (Å²) in [5, 5.41) is 9.79. The predicted octanol–water partition coefficient (Wildman–Crippen LogP) is 3.14. The molecule has 0 spiro atoms. The summed E-state index contributed by atoms with van der Waals surface area (Å²) in [6.45, 7) is 3.16. The Bertz CT molecular complexity index is 968. The monoisotopic (exact) mass is 420 g/mol. The molecule has 0 aliphatic rings. The lowest BCUT2D eigenvalue weighted by Gasteiger charge is -2.08. The van der Waals surface area contributed by atoms with Crippen molar-refractivity contribution >= 4 is 11.8 Å². The average molecular weight is 421 g/mol. The molecule has 162 valence electrons. The highest BCUT2D eigenvalue weighted by Crippen LogP contribution is 2.12. The zero-order valence-corrected chi connectivity index (χ0v) is 17.7. The summed E-state index contributed by atoms with van der Waals surface area (Å²) in [7, 11) is 0. The summed E-state index contributed by atoms with van der Waals surface area (Å²) in [6.07, 6.45) is 6.45. The van der Waals surface area contributed by atoms with Gasteiger partial charge < -0.3 is 15.4 Å². The molecule has 0 atom stereocenters. The highest BCUT2D eigenvalue weighted by Gasteiger charge is 2.08. The molecule has 2 amide bonds. The van der Waals surface area contributed by atoms with Crippen molar-refractivity contribution in [3.63, 3.8) is 0 Å². The Morgan fingerprint density at radius 1 is 1.03 bits per heavy atom. The van der Waals surface area contributed by atoms with Gasteiger partial charge in [-0.3, -0.25) is 9.59 Å². The Morgan fingerprint density at radius 3 is 2.55 bits per heavy atom. The minimum Gasteiger partial charge on any atom is -0.494 e. The average Bonchev–Trinajstić information content (AvgIpc) is 3.28. The van der Waals surface area contributed by atoms with Gasteiger partial charge in [-0.1, -0.05) is 31.5 Å². The van der Waals surface area contributed by atoms with Crippen LogP contribution in [0.15, 0.2) is 67.0 Å². The second kappa shape index (κ2) is 11.5. The van der Waals surface area contributed by atoms with Gasteiger partial charge in [0.15, 0.2) is 0 Å². The number of para-hydroxylation sites is 1. The Labute approximate surface area is 182 Å². The van der Waals surface area contributed by atoms with Crippen molar-refractivity contribution < 1.29 is 14.3 Å². The fraction of sp³-hybridized carbons (Fsp3) is 0.292. The minimum absolute atomic E-state index is 0.0726. The van der Waals surface area contributed by atoms with E-state index in [0.717, 1.165) is 29.8 Å². The number of nitrogens with one attached hydrogen (secondary N) is 2. The number of rotatable bonds is 11. The maximum absolute atomic E-state index is 12.2. The highest BCUT2D eigenvalue weighted by molar-refractivity contribution is 5.96. The number of carbonyl (C=O) groups excluding carboxylic acids is 2. The van der Waals surface area contributed by atoms with E-state index in [2.05, 4.69) is 22.7 Å². The van der Waals surface area contributed by atoms with Gasteiger partial charge in [-0.15, -0.1) is 0 Å². The number of ether oxygens (including phenoxy) is 1. The quantitative estimate of drug-likeness (QED) is 0.467. The third-order valence-corrected chi connectivity index (χ3v) is 4.69. The number of hydrogen-bond acceptors (Lipinski definition) is 4. The molecule has 0 saturated heterocycles. The summed E-state index contributed by atoms with van der Waals surface area (Å²) in [5.41, 5.74) is 2.50. The van der Waals surface area contributed by atoms with Gasteiger partial charge in [0, 0.05) is 18.3 Å². The number of carbonyl (C=O) groups is 2. The predicted molar refractivity (Wildman–Crippen MR) is 119 cm³/mol. The minimum atomic E-state index is -0.292. The van der Waals surface area contributed by atoms with Crippen molar-refractivity contribution in [3.05, 3.63) is 78.1 Å². The number of nitrogens with zero attached hydrogens (tertiary/aromatic N) is 2. The molecular weight excluding hydrogens is 392 g/mol. The summed E-state index contributed by atoms with van der Waals surface area (Å²) < 4.78 is 7.39. The molecule has 0 radical (unpaired) electrons. The van der Waals surface area contributed by atoms with Crippen LogP contribution in [0.1, 0.15) is 35.7 Å². The molecule has 3 aromatic rings. The molecule has 2 aromatic carbocycles. The van der Waals surface area contributed by atoms with Gasteiger partial charge in [-0.05, 0) is 54.8 Å². The van der Waals surface area contributed by atoms with Gasteiger partial charge in [-0.2, -0.15) is 5.10 Å². The first-order valence-electron chi connectivity index (χ1n) is 10.5. The van der Waals surface area contributed by atoms with E-state index in [9.17, 15) is 9.59 Å². The maximum Gasteiger partial charge on any atom is 0.251 e. The van der Waals surface area contributed by atoms with Crippen molar-refractivity contribution in [1.29, 1.82) is 0 Å². The van der Waals surface area contributed by atoms with Crippen LogP contribution < -0.4 is 15.4 Å². The number of aromatic nitrogens is 2. The molecule has 1 heterocycles. The van der Waals surface area contributed by atoms with Crippen LogP contribution in [0.3, 0.4) is 0 Å². The summed E-state index contributed by atoms with van der Waals surface area (Å²) in [6, 6.07) is 16.8. The van der Waals surface area contributed by atoms with Crippen LogP contribution in [0.4, 0.5) is 0 Å². The normalized spacial score (nSPS) is 10.5. The molecule has 3 rings (SSSR count). The van der Waals surface area contributed by atoms with Crippen LogP contribution in [-0.2, 0) is 11.2 Å². The van der Waals surface area contributed by atoms with Crippen LogP contribution in [0.25, 0.3) is 5.69 Å². The molecule has 0 fully saturated rings. The zero-order valence-electron chi connectivity index (χ0n) is 17.7. The van der Waals surface area contributed by atoms with Crippen LogP contribution >= 0.6 is 0 Å². The van der Waals surface area contributed by atoms with Crippen LogP contribution in [0.2, 0.25) is 0 Å². The van der Waals surface area contributed by atoms with Crippen LogP contribution in [-0.4, -0.2) is 41.3 Å². The van der Waals surface area contributed by atoms with Crippen molar-refractivity contribution in [3.8, 4) is 11.4 Å². The second-order valence-corrected chi connectivity index (χ2v) is 7.14. The summed E-state index contributed by atoms with van der Waals surface area (Å²) in [5.74, 6) is 0.209. The summed E-state index contributed by atoms with van der Waals surface area (Å²) in [4.78, 5) is 24.2. The summed E-state index contributed by atoms with van der Waals surface area (Å²) >= 11 is 0. The molecule has 0 bridgehead atoms. The molecule has 2 N–H and O–H groups in total. The molecule has 0 saturated carbocycles. The topological polar surface area (TPSA) is 85.2 Å². The van der Waals surface area contributed by atoms with E-state index < -0.39 is 0 Å². The highest BCUT2D eigenvalue weighted by atomic mass is 16.5. The third-order valence-electron chi connectivity index (χ3n) is 4.69. The number of amides is 2. The number of unbranched alkanes of at least 4 members (excludes halogenated alkanes) is 1. The first-order valence-corrected chi connectivity index (χ1v) is 10.5. The van der Waals surface area contributed by atoms with Gasteiger partial charge in [-0.25, -0.2) is 4.68 Å². The van der Waals surface area contributed by atoms with E-state index >= 15 is 0 Å². The molecule has 7 nitrogen and oxygen atoms in total. The van der Waals surface area contributed by atoms with Crippen molar-refractivity contribution in [1.82, 2.24) is 20.4 Å². The number of benzene rings is 2. The van der Waals surface area contributed by atoms with E-state index in [1.165, 1.54) is 0 Å². The largest absolute Gasteiger partial charge is 0.494 e. The van der Waals surface area contributed by atoms with Gasteiger partial charge >= 0.3 is 0 Å². The zero-order chi connectivity index (χ0) is 21.9. The maximum atomic E-state index is 12.2. The Morgan fingerprint density at radius 2 is 1.81 bits per heavy atom. The van der Waals surface area contributed by atoms with Gasteiger partial charge in [0.2, 0.25) is 5.91 Å². The third kappa shape index (κ3) is 6.99. The Kier molecular flexibility index (Phi) is 8.22. The van der Waals surface area contributed by atoms with Gasteiger partial charge in [0.05, 0.1) is 25.0 Å². The van der Waals surface area contributed by atoms with Crippen LogP contribution in [0, 0.1) is 0 Å². The van der Waals surface area contributed by atoms with E-state index in [1.54, 1.807) is 35.1 Å². The van der Waals surface area contributed by atoms with E-state index in [-0.39, 0.29) is 18.4 Å². The second-order valence-electron chi connectivity index (χ2n) is 7.14. The van der Waals surface area contributed by atoms with Crippen molar-refractivity contribution in [2.24, 2.45) is 0 Å². The molecule has 0 aliphatic heterocycles. The van der Waals surface area contributed by atoms with Crippen molar-refractivity contribution in [2.45, 2.75) is 26.2 Å². The van der Waals surface area contributed by atoms with E-state index in [1.807, 2.05) is 36.5 Å². The van der Waals surface area contributed by atoms with Crippen molar-refractivity contribution in [2.75, 3.05) is 19.7 Å². The molecule has 1 aromatic heterocycles. The smallest absolute Gasteiger partial charge is 0.251 e. The van der Waals surface area contributed by atoms with Gasteiger partial charge in [0.25, 0.3) is 5.91 Å². The Hall–Kier alpha value is -3.61. The fourth-order valence-electron chi connectivity index (χ4n) is 2.92. The standard InChI is InChI=1S/C24H28N4O3/c1-2-3-15-31-22-11-9-20(10-12-22)24(30)26-17-23(29)25-14-13-19-16-27-28(18-19)21-7-5-4-6-8-21/h4-12,16,18H,2-3,13-15,17H2,1H3,(H,25,29)(H,26,30). The Balaban J connectivity index is 1.36. The lowest BCUT2D eigenvalue weighted by Crippen LogP contribution is -2.37. The molecule has 31 heavy (non-hydrogen) atoms.